The van der Waals surface area contributed by atoms with Gasteiger partial charge in [0.05, 0.1) is 5.92 Å². The van der Waals surface area contributed by atoms with E-state index in [1.54, 1.807) is 0 Å². The lowest BCUT2D eigenvalue weighted by atomic mass is 9.93. The average Bonchev–Trinajstić information content (AvgIpc) is 2.51. The van der Waals surface area contributed by atoms with Crippen LogP contribution in [-0.4, -0.2) is 34.6 Å². The summed E-state index contributed by atoms with van der Waals surface area (Å²) in [5.74, 6) is 0.0107. The van der Waals surface area contributed by atoms with Gasteiger partial charge in [0.15, 0.2) is 0 Å². The highest BCUT2D eigenvalue weighted by Crippen LogP contribution is 2.34. The van der Waals surface area contributed by atoms with Crippen molar-refractivity contribution in [3.05, 3.63) is 0 Å². The van der Waals surface area contributed by atoms with Crippen LogP contribution < -0.4 is 0 Å². The van der Waals surface area contributed by atoms with E-state index in [1.165, 1.54) is 19.3 Å². The zero-order chi connectivity index (χ0) is 12.4. The van der Waals surface area contributed by atoms with E-state index in [0.717, 1.165) is 31.7 Å². The summed E-state index contributed by atoms with van der Waals surface area (Å²) >= 11 is 0. The Balaban J connectivity index is 2.11. The van der Waals surface area contributed by atoms with Gasteiger partial charge in [0, 0.05) is 18.6 Å². The van der Waals surface area contributed by atoms with E-state index in [1.807, 2.05) is 0 Å². The Morgan fingerprint density at radius 1 is 1.18 bits per heavy atom. The first kappa shape index (κ1) is 12.9. The lowest BCUT2D eigenvalue weighted by Crippen LogP contribution is -2.45. The van der Waals surface area contributed by atoms with Crippen molar-refractivity contribution < 1.29 is 9.90 Å². The number of carboxylic acids is 1. The van der Waals surface area contributed by atoms with Gasteiger partial charge in [-0.2, -0.15) is 0 Å². The Morgan fingerprint density at radius 3 is 2.47 bits per heavy atom. The second-order valence-corrected chi connectivity index (χ2v) is 6.04. The van der Waals surface area contributed by atoms with Crippen LogP contribution >= 0.6 is 0 Å². The van der Waals surface area contributed by atoms with Gasteiger partial charge in [-0.05, 0) is 32.1 Å². The van der Waals surface area contributed by atoms with Gasteiger partial charge in [0.25, 0.3) is 0 Å². The van der Waals surface area contributed by atoms with Crippen LogP contribution in [0.15, 0.2) is 0 Å². The third kappa shape index (κ3) is 2.82. The van der Waals surface area contributed by atoms with Crippen LogP contribution in [0.25, 0.3) is 0 Å². The van der Waals surface area contributed by atoms with Gasteiger partial charge >= 0.3 is 5.97 Å². The van der Waals surface area contributed by atoms with Crippen LogP contribution in [-0.2, 0) is 4.79 Å². The fraction of sp³-hybridized carbons (Fsp3) is 0.929. The predicted octanol–water partition coefficient (Wildman–Crippen LogP) is 2.75. The lowest BCUT2D eigenvalue weighted by molar-refractivity contribution is -0.144. The van der Waals surface area contributed by atoms with Crippen LogP contribution in [0.3, 0.4) is 0 Å². The molecule has 0 radical (unpaired) electrons. The Morgan fingerprint density at radius 2 is 1.88 bits per heavy atom. The molecular weight excluding hydrogens is 214 g/mol. The SMILES string of the molecule is CC1CC(C)N(C2CCCCCC2C(=O)O)C1. The molecule has 0 amide bonds. The third-order valence-corrected chi connectivity index (χ3v) is 4.55. The molecule has 4 unspecified atom stereocenters. The molecule has 98 valence electrons. The van der Waals surface area contributed by atoms with Gasteiger partial charge < -0.3 is 5.11 Å². The highest BCUT2D eigenvalue weighted by atomic mass is 16.4. The van der Waals surface area contributed by atoms with Crippen LogP contribution in [0.5, 0.6) is 0 Å². The van der Waals surface area contributed by atoms with Crippen molar-refractivity contribution in [2.75, 3.05) is 6.54 Å². The average molecular weight is 239 g/mol. The van der Waals surface area contributed by atoms with E-state index in [-0.39, 0.29) is 12.0 Å². The van der Waals surface area contributed by atoms with Crippen molar-refractivity contribution in [3.63, 3.8) is 0 Å². The number of likely N-dealkylation sites (tertiary alicyclic amines) is 1. The highest BCUT2D eigenvalue weighted by molar-refractivity contribution is 5.71. The molecule has 0 bridgehead atoms. The first-order valence-corrected chi connectivity index (χ1v) is 7.08. The summed E-state index contributed by atoms with van der Waals surface area (Å²) in [7, 11) is 0. The molecule has 4 atom stereocenters. The minimum atomic E-state index is -0.580. The Kier molecular flexibility index (Phi) is 4.08. The van der Waals surface area contributed by atoms with E-state index < -0.39 is 5.97 Å². The second kappa shape index (κ2) is 5.38. The molecule has 2 rings (SSSR count). The molecule has 1 aliphatic carbocycles. The van der Waals surface area contributed by atoms with Crippen molar-refractivity contribution in [1.29, 1.82) is 0 Å². The molecule has 1 N–H and O–H groups in total. The Bertz CT molecular complexity index is 279. The van der Waals surface area contributed by atoms with E-state index in [2.05, 4.69) is 18.7 Å². The molecule has 2 aliphatic rings. The monoisotopic (exact) mass is 239 g/mol. The fourth-order valence-electron chi connectivity index (χ4n) is 3.77. The van der Waals surface area contributed by atoms with E-state index in [4.69, 9.17) is 0 Å². The van der Waals surface area contributed by atoms with Gasteiger partial charge in [0.2, 0.25) is 0 Å². The quantitative estimate of drug-likeness (QED) is 0.753. The number of hydrogen-bond donors (Lipinski definition) is 1. The fourth-order valence-corrected chi connectivity index (χ4v) is 3.77. The summed E-state index contributed by atoms with van der Waals surface area (Å²) < 4.78 is 0. The van der Waals surface area contributed by atoms with Crippen molar-refractivity contribution in [1.82, 2.24) is 4.90 Å². The van der Waals surface area contributed by atoms with Gasteiger partial charge in [-0.15, -0.1) is 0 Å². The van der Waals surface area contributed by atoms with E-state index in [0.29, 0.717) is 6.04 Å². The molecule has 1 heterocycles. The summed E-state index contributed by atoms with van der Waals surface area (Å²) in [5.41, 5.74) is 0. The van der Waals surface area contributed by atoms with Gasteiger partial charge in [0.1, 0.15) is 0 Å². The van der Waals surface area contributed by atoms with Crippen LogP contribution in [0.1, 0.15) is 52.4 Å². The van der Waals surface area contributed by atoms with Gasteiger partial charge in [-0.25, -0.2) is 0 Å². The summed E-state index contributed by atoms with van der Waals surface area (Å²) in [5, 5.41) is 9.42. The standard InChI is InChI=1S/C14H25NO2/c1-10-8-11(2)15(9-10)13-7-5-3-4-6-12(13)14(16)17/h10-13H,3-9H2,1-2H3,(H,16,17). The molecule has 1 saturated heterocycles. The lowest BCUT2D eigenvalue weighted by Gasteiger charge is -2.34. The molecule has 0 spiro atoms. The first-order chi connectivity index (χ1) is 8.09. The van der Waals surface area contributed by atoms with Crippen LogP contribution in [0.4, 0.5) is 0 Å². The Labute approximate surface area is 104 Å². The maximum atomic E-state index is 11.4. The summed E-state index contributed by atoms with van der Waals surface area (Å²) in [4.78, 5) is 13.9. The normalized spacial score (nSPS) is 40.1. The summed E-state index contributed by atoms with van der Waals surface area (Å²) in [6, 6.07) is 0.852. The number of rotatable bonds is 2. The molecule has 1 saturated carbocycles. The summed E-state index contributed by atoms with van der Waals surface area (Å²) in [6.07, 6.45) is 6.67. The van der Waals surface area contributed by atoms with Gasteiger partial charge in [-0.3, -0.25) is 9.69 Å². The van der Waals surface area contributed by atoms with Crippen LogP contribution in [0.2, 0.25) is 0 Å². The van der Waals surface area contributed by atoms with E-state index in [9.17, 15) is 9.90 Å². The maximum Gasteiger partial charge on any atom is 0.308 e. The topological polar surface area (TPSA) is 40.5 Å². The minimum absolute atomic E-state index is 0.134. The predicted molar refractivity (Wildman–Crippen MR) is 67.9 cm³/mol. The zero-order valence-electron chi connectivity index (χ0n) is 11.1. The molecule has 1 aliphatic heterocycles. The number of nitrogens with zero attached hydrogens (tertiary/aromatic N) is 1. The molecule has 0 aromatic carbocycles. The van der Waals surface area contributed by atoms with Crippen LogP contribution in [0, 0.1) is 11.8 Å². The van der Waals surface area contributed by atoms with Crippen molar-refractivity contribution in [3.8, 4) is 0 Å². The minimum Gasteiger partial charge on any atom is -0.481 e. The Hall–Kier alpha value is -0.570. The molecule has 0 aromatic rings. The highest BCUT2D eigenvalue weighted by Gasteiger charge is 2.39. The van der Waals surface area contributed by atoms with Gasteiger partial charge in [-0.1, -0.05) is 26.2 Å². The van der Waals surface area contributed by atoms with Crippen molar-refractivity contribution in [2.24, 2.45) is 11.8 Å². The molecule has 17 heavy (non-hydrogen) atoms. The van der Waals surface area contributed by atoms with E-state index >= 15 is 0 Å². The molecular formula is C14H25NO2. The maximum absolute atomic E-state index is 11.4. The molecule has 3 heteroatoms. The number of carboxylic acid groups (broad SMARTS) is 1. The zero-order valence-corrected chi connectivity index (χ0v) is 11.1. The summed E-state index contributed by atoms with van der Waals surface area (Å²) in [6.45, 7) is 5.63. The third-order valence-electron chi connectivity index (χ3n) is 4.55. The molecule has 3 nitrogen and oxygen atoms in total. The second-order valence-electron chi connectivity index (χ2n) is 6.04. The smallest absolute Gasteiger partial charge is 0.308 e. The number of aliphatic carboxylic acids is 1. The number of hydrogen-bond acceptors (Lipinski definition) is 2. The number of carbonyl (C=O) groups is 1. The molecule has 0 aromatic heterocycles. The first-order valence-electron chi connectivity index (χ1n) is 7.08. The largest absolute Gasteiger partial charge is 0.481 e. The van der Waals surface area contributed by atoms with Crippen molar-refractivity contribution in [2.45, 2.75) is 64.5 Å². The molecule has 2 fully saturated rings. The van der Waals surface area contributed by atoms with Crippen molar-refractivity contribution >= 4 is 5.97 Å².